The Labute approximate surface area is 168 Å². The summed E-state index contributed by atoms with van der Waals surface area (Å²) in [4.78, 5) is 8.79. The molecule has 29 heavy (non-hydrogen) atoms. The van der Waals surface area contributed by atoms with Crippen molar-refractivity contribution in [1.29, 1.82) is 0 Å². The van der Waals surface area contributed by atoms with Crippen molar-refractivity contribution in [3.05, 3.63) is 41.3 Å². The first-order valence-electron chi connectivity index (χ1n) is 8.68. The van der Waals surface area contributed by atoms with Crippen molar-refractivity contribution >= 4 is 23.2 Å². The van der Waals surface area contributed by atoms with Crippen molar-refractivity contribution in [2.24, 2.45) is 5.92 Å². The molecule has 3 aromatic rings. The maximum atomic E-state index is 14.6. The van der Waals surface area contributed by atoms with Crippen molar-refractivity contribution in [2.45, 2.75) is 33.0 Å². The van der Waals surface area contributed by atoms with E-state index in [2.05, 4.69) is 15.1 Å². The van der Waals surface area contributed by atoms with E-state index in [-0.39, 0.29) is 28.2 Å². The highest BCUT2D eigenvalue weighted by atomic mass is 35.5. The number of halogens is 6. The maximum Gasteiger partial charge on any atom is 0.405 e. The molecule has 2 aromatic heterocycles. The van der Waals surface area contributed by atoms with Crippen LogP contribution in [-0.4, -0.2) is 38.3 Å². The van der Waals surface area contributed by atoms with Crippen LogP contribution in [0.15, 0.2) is 24.5 Å². The second kappa shape index (κ2) is 7.74. The van der Waals surface area contributed by atoms with E-state index in [1.54, 1.807) is 20.8 Å². The Morgan fingerprint density at radius 1 is 1.10 bits per heavy atom. The maximum absolute atomic E-state index is 14.6. The predicted octanol–water partition coefficient (Wildman–Crippen LogP) is 5.14. The van der Waals surface area contributed by atoms with Crippen LogP contribution in [0.25, 0.3) is 16.9 Å². The zero-order chi connectivity index (χ0) is 21.5. The summed E-state index contributed by atoms with van der Waals surface area (Å²) in [5.41, 5.74) is -0.905. The van der Waals surface area contributed by atoms with E-state index in [1.807, 2.05) is 0 Å². The summed E-state index contributed by atoms with van der Waals surface area (Å²) in [7, 11) is 0. The van der Waals surface area contributed by atoms with Crippen molar-refractivity contribution in [2.75, 3.05) is 11.4 Å². The standard InChI is InChI=1S/C18H17ClF5N5/c1-9(2)10(3)28(7-18(22,23)24)16-14(13-11(20)5-4-6-12(13)21)15(19)27-17-25-8-26-29(16)17/h4-6,8-10H,7H2,1-3H3. The first kappa shape index (κ1) is 21.2. The Balaban J connectivity index is 2.42. The smallest absolute Gasteiger partial charge is 0.344 e. The molecule has 1 atom stereocenters. The zero-order valence-electron chi connectivity index (χ0n) is 15.7. The molecule has 0 radical (unpaired) electrons. The molecule has 0 aliphatic heterocycles. The summed E-state index contributed by atoms with van der Waals surface area (Å²) in [5.74, 6) is -2.54. The number of fused-ring (bicyclic) bond motifs is 1. The van der Waals surface area contributed by atoms with Gasteiger partial charge in [0.05, 0.1) is 11.1 Å². The van der Waals surface area contributed by atoms with Gasteiger partial charge in [0.2, 0.25) is 0 Å². The van der Waals surface area contributed by atoms with Gasteiger partial charge in [0, 0.05) is 6.04 Å². The lowest BCUT2D eigenvalue weighted by Gasteiger charge is -2.35. The molecule has 0 bridgehead atoms. The molecule has 0 aliphatic carbocycles. The van der Waals surface area contributed by atoms with Gasteiger partial charge in [-0.2, -0.15) is 32.8 Å². The highest BCUT2D eigenvalue weighted by molar-refractivity contribution is 6.33. The Hall–Kier alpha value is -2.49. The lowest BCUT2D eigenvalue weighted by Crippen LogP contribution is -2.44. The SMILES string of the molecule is CC(C)C(C)N(CC(F)(F)F)c1c(-c2c(F)cccc2F)c(Cl)nc2ncnn12. The lowest BCUT2D eigenvalue weighted by atomic mass is 10.0. The third kappa shape index (κ3) is 4.12. The number of hydrogen-bond donors (Lipinski definition) is 0. The van der Waals surface area contributed by atoms with E-state index in [4.69, 9.17) is 11.6 Å². The van der Waals surface area contributed by atoms with Crippen LogP contribution in [0.2, 0.25) is 5.15 Å². The number of hydrogen-bond acceptors (Lipinski definition) is 4. The Kier molecular flexibility index (Phi) is 5.66. The third-order valence-electron chi connectivity index (χ3n) is 4.65. The van der Waals surface area contributed by atoms with Crippen LogP contribution in [-0.2, 0) is 0 Å². The molecule has 2 heterocycles. The number of rotatable bonds is 5. The molecule has 0 fully saturated rings. The Morgan fingerprint density at radius 3 is 2.28 bits per heavy atom. The molecule has 3 rings (SSSR count). The van der Waals surface area contributed by atoms with Crippen molar-refractivity contribution < 1.29 is 22.0 Å². The third-order valence-corrected chi connectivity index (χ3v) is 4.92. The van der Waals surface area contributed by atoms with Crippen LogP contribution in [0.4, 0.5) is 27.8 Å². The van der Waals surface area contributed by atoms with Gasteiger partial charge in [0.1, 0.15) is 35.5 Å². The van der Waals surface area contributed by atoms with Gasteiger partial charge in [-0.1, -0.05) is 31.5 Å². The molecule has 0 saturated carbocycles. The zero-order valence-corrected chi connectivity index (χ0v) is 16.4. The summed E-state index contributed by atoms with van der Waals surface area (Å²) >= 11 is 6.21. The van der Waals surface area contributed by atoms with E-state index in [0.717, 1.165) is 33.9 Å². The van der Waals surface area contributed by atoms with Gasteiger partial charge in [-0.25, -0.2) is 8.78 Å². The fourth-order valence-electron chi connectivity index (χ4n) is 2.98. The Morgan fingerprint density at radius 2 is 1.72 bits per heavy atom. The van der Waals surface area contributed by atoms with Crippen LogP contribution in [0.5, 0.6) is 0 Å². The van der Waals surface area contributed by atoms with Crippen LogP contribution in [0.1, 0.15) is 20.8 Å². The first-order chi connectivity index (χ1) is 13.5. The molecule has 1 unspecified atom stereocenters. The van der Waals surface area contributed by atoms with Gasteiger partial charge in [0.15, 0.2) is 0 Å². The largest absolute Gasteiger partial charge is 0.405 e. The lowest BCUT2D eigenvalue weighted by molar-refractivity contribution is -0.121. The van der Waals surface area contributed by atoms with Crippen LogP contribution in [0.3, 0.4) is 0 Å². The molecule has 0 spiro atoms. The normalized spacial score (nSPS) is 13.3. The minimum Gasteiger partial charge on any atom is -0.344 e. The average molecular weight is 434 g/mol. The number of benzene rings is 1. The second-order valence-electron chi connectivity index (χ2n) is 6.90. The van der Waals surface area contributed by atoms with E-state index < -0.39 is 36.0 Å². The predicted molar refractivity (Wildman–Crippen MR) is 98.8 cm³/mol. The molecule has 0 N–H and O–H groups in total. The molecule has 156 valence electrons. The van der Waals surface area contributed by atoms with Gasteiger partial charge in [0.25, 0.3) is 5.78 Å². The minimum absolute atomic E-state index is 0.0892. The molecular formula is C18H17ClF5N5. The van der Waals surface area contributed by atoms with Gasteiger partial charge < -0.3 is 4.90 Å². The highest BCUT2D eigenvalue weighted by Crippen LogP contribution is 2.41. The molecule has 0 saturated heterocycles. The Bertz CT molecular complexity index is 1010. The summed E-state index contributed by atoms with van der Waals surface area (Å²) < 4.78 is 70.5. The van der Waals surface area contributed by atoms with Crippen molar-refractivity contribution in [3.63, 3.8) is 0 Å². The monoisotopic (exact) mass is 433 g/mol. The molecule has 11 heteroatoms. The summed E-state index contributed by atoms with van der Waals surface area (Å²) in [5, 5.41) is 3.55. The first-order valence-corrected chi connectivity index (χ1v) is 9.06. The minimum atomic E-state index is -4.60. The quantitative estimate of drug-likeness (QED) is 0.413. The fraction of sp³-hybridized carbons (Fsp3) is 0.389. The van der Waals surface area contributed by atoms with E-state index in [1.165, 1.54) is 0 Å². The molecule has 0 aliphatic rings. The highest BCUT2D eigenvalue weighted by Gasteiger charge is 2.37. The topological polar surface area (TPSA) is 46.3 Å². The van der Waals surface area contributed by atoms with Crippen LogP contribution in [0, 0.1) is 17.6 Å². The van der Waals surface area contributed by atoms with E-state index >= 15 is 0 Å². The van der Waals surface area contributed by atoms with E-state index in [0.29, 0.717) is 0 Å². The van der Waals surface area contributed by atoms with Crippen LogP contribution < -0.4 is 4.90 Å². The molecule has 1 aromatic carbocycles. The molecule has 0 amide bonds. The number of aromatic nitrogens is 4. The summed E-state index contributed by atoms with van der Waals surface area (Å²) in [6, 6.07) is 2.44. The van der Waals surface area contributed by atoms with Crippen LogP contribution >= 0.6 is 11.6 Å². The summed E-state index contributed by atoms with van der Waals surface area (Å²) in [6.45, 7) is 3.66. The van der Waals surface area contributed by atoms with Gasteiger partial charge >= 0.3 is 6.18 Å². The summed E-state index contributed by atoms with van der Waals surface area (Å²) in [6.07, 6.45) is -3.52. The average Bonchev–Trinajstić information content (AvgIpc) is 3.06. The van der Waals surface area contributed by atoms with Gasteiger partial charge in [-0.05, 0) is 25.0 Å². The molecular weight excluding hydrogens is 417 g/mol. The van der Waals surface area contributed by atoms with Gasteiger partial charge in [-0.3, -0.25) is 0 Å². The van der Waals surface area contributed by atoms with Crippen molar-refractivity contribution in [3.8, 4) is 11.1 Å². The fourth-order valence-corrected chi connectivity index (χ4v) is 3.24. The van der Waals surface area contributed by atoms with Crippen molar-refractivity contribution in [1.82, 2.24) is 19.6 Å². The number of alkyl halides is 3. The molecule has 5 nitrogen and oxygen atoms in total. The second-order valence-corrected chi connectivity index (χ2v) is 7.26. The number of nitrogens with zero attached hydrogens (tertiary/aromatic N) is 5. The van der Waals surface area contributed by atoms with E-state index in [9.17, 15) is 22.0 Å². The van der Waals surface area contributed by atoms with Gasteiger partial charge in [-0.15, -0.1) is 0 Å². The number of anilines is 1.